The molecule has 0 aliphatic rings. The van der Waals surface area contributed by atoms with E-state index in [2.05, 4.69) is 24.3 Å². The van der Waals surface area contributed by atoms with E-state index in [1.54, 1.807) is 28.4 Å². The molecule has 0 N–H and O–H groups in total. The van der Waals surface area contributed by atoms with Gasteiger partial charge in [0, 0.05) is 0 Å². The van der Waals surface area contributed by atoms with Crippen LogP contribution in [0.3, 0.4) is 0 Å². The van der Waals surface area contributed by atoms with Gasteiger partial charge in [-0.2, -0.15) is 0 Å². The average Bonchev–Trinajstić information content (AvgIpc) is 2.92. The van der Waals surface area contributed by atoms with Gasteiger partial charge in [-0.15, -0.1) is 0 Å². The minimum absolute atomic E-state index is 0.702. The van der Waals surface area contributed by atoms with Gasteiger partial charge < -0.3 is 0 Å². The van der Waals surface area contributed by atoms with E-state index >= 15 is 0 Å². The third kappa shape index (κ3) is 3.54. The van der Waals surface area contributed by atoms with Gasteiger partial charge in [-0.3, -0.25) is 0 Å². The molecule has 4 aromatic carbocycles. The Labute approximate surface area is 205 Å². The Hall–Kier alpha value is -2.75. The monoisotopic (exact) mass is 672 g/mol. The molecule has 4 aromatic rings. The first kappa shape index (κ1) is 24.4. The van der Waals surface area contributed by atoms with E-state index in [1.807, 2.05) is 72.8 Å². The quantitative estimate of drug-likeness (QED) is 0.267. The Bertz CT molecular complexity index is 1110. The molecular formula is C28H28BiClO4. The number of hydrogen-bond donors (Lipinski definition) is 0. The van der Waals surface area contributed by atoms with Gasteiger partial charge >= 0.3 is 207 Å². The second-order valence-electron chi connectivity index (χ2n) is 7.70. The second kappa shape index (κ2) is 9.86. The molecule has 0 atom stereocenters. The summed E-state index contributed by atoms with van der Waals surface area (Å²) in [5, 5.41) is 0. The van der Waals surface area contributed by atoms with Crippen LogP contribution in [-0.2, 0) is 0 Å². The van der Waals surface area contributed by atoms with Crippen LogP contribution < -0.4 is 32.0 Å². The van der Waals surface area contributed by atoms with Gasteiger partial charge in [0.1, 0.15) is 0 Å². The fourth-order valence-corrected chi connectivity index (χ4v) is 30.3. The summed E-state index contributed by atoms with van der Waals surface area (Å²) in [5.41, 5.74) is 0. The van der Waals surface area contributed by atoms with Crippen molar-refractivity contribution in [3.63, 3.8) is 0 Å². The van der Waals surface area contributed by atoms with Gasteiger partial charge in [0.2, 0.25) is 0 Å². The van der Waals surface area contributed by atoms with Crippen LogP contribution in [0.1, 0.15) is 0 Å². The van der Waals surface area contributed by atoms with Crippen molar-refractivity contribution >= 4 is 39.2 Å². The molecule has 0 saturated heterocycles. The van der Waals surface area contributed by atoms with E-state index in [0.29, 0.717) is 23.0 Å². The van der Waals surface area contributed by atoms with Crippen LogP contribution in [0.15, 0.2) is 97.1 Å². The summed E-state index contributed by atoms with van der Waals surface area (Å²) < 4.78 is 27.4. The van der Waals surface area contributed by atoms with Crippen molar-refractivity contribution in [2.45, 2.75) is 0 Å². The van der Waals surface area contributed by atoms with Crippen molar-refractivity contribution in [1.82, 2.24) is 0 Å². The number of rotatable bonds is 8. The summed E-state index contributed by atoms with van der Waals surface area (Å²) in [6.07, 6.45) is 0. The zero-order valence-corrected chi connectivity index (χ0v) is 23.9. The fourth-order valence-electron chi connectivity index (χ4n) is 4.69. The standard InChI is InChI=1S/4C7H7O.Bi.ClH/c4*1-8-7-5-3-2-4-6-7;;/h4*2-5H,1H3;;1H/q;;;;+1;/p-1. The average molecular weight is 673 g/mol. The van der Waals surface area contributed by atoms with Crippen LogP contribution in [0.4, 0.5) is 0 Å². The van der Waals surface area contributed by atoms with Crippen molar-refractivity contribution in [1.29, 1.82) is 0 Å². The Kier molecular flexibility index (Phi) is 7.07. The molecule has 0 saturated carbocycles. The first-order valence-electron chi connectivity index (χ1n) is 10.8. The van der Waals surface area contributed by atoms with E-state index in [9.17, 15) is 0 Å². The van der Waals surface area contributed by atoms with Crippen LogP contribution in [0.2, 0.25) is 0 Å². The van der Waals surface area contributed by atoms with Gasteiger partial charge in [0.15, 0.2) is 0 Å². The molecule has 0 aliphatic carbocycles. The molecule has 0 unspecified atom stereocenters. The SMILES string of the molecule is COc1cccc[c]1[Bi]([Cl])([c]1ccccc1OC)([c]1ccccc1OC)[c]1ccccc1OC. The van der Waals surface area contributed by atoms with Crippen LogP contribution in [0.5, 0.6) is 23.0 Å². The molecule has 0 aromatic heterocycles. The van der Waals surface area contributed by atoms with Crippen molar-refractivity contribution < 1.29 is 18.9 Å². The van der Waals surface area contributed by atoms with E-state index in [-0.39, 0.29) is 0 Å². The molecule has 4 nitrogen and oxygen atoms in total. The Balaban J connectivity index is 2.40. The maximum atomic E-state index is 8.53. The summed E-state index contributed by atoms with van der Waals surface area (Å²) in [6, 6.07) is 31.8. The molecular weight excluding hydrogens is 645 g/mol. The predicted octanol–water partition coefficient (Wildman–Crippen LogP) is 3.79. The van der Waals surface area contributed by atoms with Crippen molar-refractivity contribution in [2.75, 3.05) is 28.4 Å². The zero-order valence-electron chi connectivity index (χ0n) is 19.7. The van der Waals surface area contributed by atoms with Gasteiger partial charge in [0.05, 0.1) is 0 Å². The number of halogens is 1. The molecule has 0 fully saturated rings. The predicted molar refractivity (Wildman–Crippen MR) is 142 cm³/mol. The van der Waals surface area contributed by atoms with E-state index < -0.39 is 17.6 Å². The van der Waals surface area contributed by atoms with Gasteiger partial charge in [-0.25, -0.2) is 0 Å². The molecule has 0 amide bonds. The van der Waals surface area contributed by atoms with E-state index in [0.717, 1.165) is 13.1 Å². The minimum atomic E-state index is -5.53. The first-order valence-corrected chi connectivity index (χ1v) is 22.1. The molecule has 4 rings (SSSR count). The summed E-state index contributed by atoms with van der Waals surface area (Å²) in [7, 11) is 15.2. The molecule has 6 heteroatoms. The molecule has 0 aliphatic heterocycles. The van der Waals surface area contributed by atoms with Gasteiger partial charge in [-0.1, -0.05) is 0 Å². The number of benzene rings is 4. The molecule has 176 valence electrons. The summed E-state index contributed by atoms with van der Waals surface area (Å²) >= 11 is -5.53. The number of hydrogen-bond acceptors (Lipinski definition) is 4. The topological polar surface area (TPSA) is 36.9 Å². The fraction of sp³-hybridized carbons (Fsp3) is 0.143. The summed E-state index contributed by atoms with van der Waals surface area (Å²) in [4.78, 5) is 0. The van der Waals surface area contributed by atoms with Crippen LogP contribution in [0.25, 0.3) is 0 Å². The Morgan fingerprint density at radius 1 is 0.412 bits per heavy atom. The van der Waals surface area contributed by atoms with Crippen LogP contribution in [-0.4, -0.2) is 46.0 Å². The number of methoxy groups -OCH3 is 4. The van der Waals surface area contributed by atoms with Gasteiger partial charge in [0.25, 0.3) is 0 Å². The van der Waals surface area contributed by atoms with Crippen molar-refractivity contribution in [2.24, 2.45) is 0 Å². The molecule has 0 bridgehead atoms. The number of ether oxygens (including phenoxy) is 4. The first-order chi connectivity index (χ1) is 16.5. The van der Waals surface area contributed by atoms with E-state index in [1.165, 1.54) is 0 Å². The second-order valence-corrected chi connectivity index (χ2v) is 29.0. The summed E-state index contributed by atoms with van der Waals surface area (Å²) in [6.45, 7) is 0. The van der Waals surface area contributed by atoms with Crippen LogP contribution >= 0.6 is 8.51 Å². The third-order valence-electron chi connectivity index (χ3n) is 6.15. The molecule has 0 heterocycles. The molecule has 0 spiro atoms. The van der Waals surface area contributed by atoms with Crippen molar-refractivity contribution in [3.8, 4) is 23.0 Å². The number of para-hydroxylation sites is 4. The Morgan fingerprint density at radius 2 is 0.618 bits per heavy atom. The molecule has 0 radical (unpaired) electrons. The zero-order chi connectivity index (χ0) is 24.2. The van der Waals surface area contributed by atoms with Crippen LogP contribution in [0, 0.1) is 0 Å². The van der Waals surface area contributed by atoms with Crippen molar-refractivity contribution in [3.05, 3.63) is 97.1 Å². The normalized spacial score (nSPS) is 12.3. The third-order valence-corrected chi connectivity index (χ3v) is 32.4. The Morgan fingerprint density at radius 3 is 0.824 bits per heavy atom. The van der Waals surface area contributed by atoms with Gasteiger partial charge in [-0.05, 0) is 0 Å². The summed E-state index contributed by atoms with van der Waals surface area (Å²) in [5.74, 6) is 2.81. The maximum absolute atomic E-state index is 8.53. The van der Waals surface area contributed by atoms with E-state index in [4.69, 9.17) is 27.5 Å². The molecule has 34 heavy (non-hydrogen) atoms.